The predicted octanol–water partition coefficient (Wildman–Crippen LogP) is 5.09. The van der Waals surface area contributed by atoms with Crippen LogP contribution in [0.25, 0.3) is 32.7 Å². The maximum atomic E-state index is 8.81. The first-order chi connectivity index (χ1) is 10.8. The Morgan fingerprint density at radius 2 is 1.68 bits per heavy atom. The number of rotatable bonds is 2. The van der Waals surface area contributed by atoms with E-state index in [1.165, 1.54) is 4.70 Å². The number of nitriles is 1. The summed E-state index contributed by atoms with van der Waals surface area (Å²) < 4.78 is 6.64. The summed E-state index contributed by atoms with van der Waals surface area (Å²) in [5.74, 6) is 1.03. The second kappa shape index (κ2) is 5.14. The van der Waals surface area contributed by atoms with E-state index in [4.69, 9.17) is 9.68 Å². The smallest absolute Gasteiger partial charge is 0.204 e. The molecule has 0 unspecified atom stereocenters. The van der Waals surface area contributed by atoms with Crippen molar-refractivity contribution in [3.63, 3.8) is 0 Å². The molecule has 0 fully saturated rings. The van der Waals surface area contributed by atoms with Gasteiger partial charge in [-0.3, -0.25) is 0 Å². The van der Waals surface area contributed by atoms with E-state index in [-0.39, 0.29) is 0 Å². The molecule has 4 aromatic rings. The zero-order valence-electron chi connectivity index (χ0n) is 11.5. The molecule has 2 heterocycles. The largest absolute Gasteiger partial charge is 0.446 e. The van der Waals surface area contributed by atoms with Gasteiger partial charge < -0.3 is 4.42 Å². The van der Waals surface area contributed by atoms with E-state index in [0.717, 1.165) is 22.2 Å². The number of aromatic nitrogens is 1. The first-order valence-electron chi connectivity index (χ1n) is 6.77. The summed E-state index contributed by atoms with van der Waals surface area (Å²) in [5, 5.41) is 8.81. The van der Waals surface area contributed by atoms with E-state index < -0.39 is 0 Å². The minimum Gasteiger partial charge on any atom is -0.446 e. The van der Waals surface area contributed by atoms with Crippen molar-refractivity contribution in [2.24, 2.45) is 0 Å². The molecule has 0 bridgehead atoms. The highest BCUT2D eigenvalue weighted by molar-refractivity contribution is 7.16. The average molecular weight is 302 g/mol. The number of nitrogens with zero attached hydrogens (tertiary/aromatic N) is 2. The molecule has 0 radical (unpaired) electrons. The fourth-order valence-corrected chi connectivity index (χ4v) is 3.08. The zero-order valence-corrected chi connectivity index (χ0v) is 12.3. The minimum atomic E-state index is 0.327. The monoisotopic (exact) mass is 302 g/mol. The molecule has 4 heteroatoms. The molecule has 0 spiro atoms. The quantitative estimate of drug-likeness (QED) is 0.518. The van der Waals surface area contributed by atoms with Crippen molar-refractivity contribution in [1.29, 1.82) is 5.26 Å². The maximum absolute atomic E-state index is 8.81. The van der Waals surface area contributed by atoms with Crippen molar-refractivity contribution in [3.8, 4) is 28.5 Å². The molecule has 3 nitrogen and oxygen atoms in total. The SMILES string of the molecule is N#Cc1ccc(-c2ccc(-c3ccc4scnc4c3)cc2)o1. The summed E-state index contributed by atoms with van der Waals surface area (Å²) in [4.78, 5) is 4.36. The molecule has 0 saturated carbocycles. The third-order valence-electron chi connectivity index (χ3n) is 3.55. The van der Waals surface area contributed by atoms with E-state index in [2.05, 4.69) is 35.3 Å². The van der Waals surface area contributed by atoms with E-state index in [0.29, 0.717) is 11.5 Å². The van der Waals surface area contributed by atoms with Crippen molar-refractivity contribution < 1.29 is 4.42 Å². The second-order valence-electron chi connectivity index (χ2n) is 4.89. The van der Waals surface area contributed by atoms with Crippen molar-refractivity contribution in [2.45, 2.75) is 0 Å². The molecule has 22 heavy (non-hydrogen) atoms. The lowest BCUT2D eigenvalue weighted by Crippen LogP contribution is -1.79. The number of thiazole rings is 1. The molecule has 0 amide bonds. The third-order valence-corrected chi connectivity index (χ3v) is 4.36. The summed E-state index contributed by atoms with van der Waals surface area (Å²) >= 11 is 1.65. The van der Waals surface area contributed by atoms with E-state index in [9.17, 15) is 0 Å². The molecule has 4 rings (SSSR count). The van der Waals surface area contributed by atoms with Gasteiger partial charge in [-0.2, -0.15) is 5.26 Å². The lowest BCUT2D eigenvalue weighted by molar-refractivity contribution is 0.567. The number of fused-ring (bicyclic) bond motifs is 1. The van der Waals surface area contributed by atoms with E-state index in [1.54, 1.807) is 17.4 Å². The van der Waals surface area contributed by atoms with Gasteiger partial charge in [0, 0.05) is 5.56 Å². The van der Waals surface area contributed by atoms with Gasteiger partial charge in [-0.05, 0) is 35.4 Å². The molecule has 0 aliphatic heterocycles. The van der Waals surface area contributed by atoms with Crippen LogP contribution in [0.3, 0.4) is 0 Å². The highest BCUT2D eigenvalue weighted by Gasteiger charge is 2.06. The third kappa shape index (κ3) is 2.18. The molecule has 0 aliphatic rings. The first kappa shape index (κ1) is 12.8. The van der Waals surface area contributed by atoms with Gasteiger partial charge in [0.1, 0.15) is 11.8 Å². The van der Waals surface area contributed by atoms with Gasteiger partial charge in [-0.1, -0.05) is 30.3 Å². The molecular weight excluding hydrogens is 292 g/mol. The minimum absolute atomic E-state index is 0.327. The lowest BCUT2D eigenvalue weighted by atomic mass is 10.0. The van der Waals surface area contributed by atoms with Crippen LogP contribution in [0.5, 0.6) is 0 Å². The van der Waals surface area contributed by atoms with Gasteiger partial charge in [0.05, 0.1) is 15.7 Å². The van der Waals surface area contributed by atoms with E-state index in [1.807, 2.05) is 29.8 Å². The van der Waals surface area contributed by atoms with E-state index >= 15 is 0 Å². The van der Waals surface area contributed by atoms with Gasteiger partial charge >= 0.3 is 0 Å². The summed E-state index contributed by atoms with van der Waals surface area (Å²) in [5.41, 5.74) is 6.12. The van der Waals surface area contributed by atoms with Gasteiger partial charge in [-0.25, -0.2) is 4.98 Å². The Kier molecular flexibility index (Phi) is 2.99. The molecule has 0 N–H and O–H groups in total. The maximum Gasteiger partial charge on any atom is 0.204 e. The molecule has 2 aromatic heterocycles. The molecule has 104 valence electrons. The van der Waals surface area contributed by atoms with Crippen LogP contribution in [0.15, 0.2) is 64.5 Å². The van der Waals surface area contributed by atoms with Gasteiger partial charge in [0.25, 0.3) is 0 Å². The van der Waals surface area contributed by atoms with Crippen LogP contribution >= 0.6 is 11.3 Å². The van der Waals surface area contributed by atoms with Crippen molar-refractivity contribution in [2.75, 3.05) is 0 Å². The number of hydrogen-bond donors (Lipinski definition) is 0. The fraction of sp³-hybridized carbons (Fsp3) is 0. The Balaban J connectivity index is 1.70. The molecule has 0 aliphatic carbocycles. The topological polar surface area (TPSA) is 49.8 Å². The summed E-state index contributed by atoms with van der Waals surface area (Å²) in [6.45, 7) is 0. The molecule has 0 atom stereocenters. The molecular formula is C18H10N2OS. The Hall–Kier alpha value is -2.90. The second-order valence-corrected chi connectivity index (χ2v) is 5.77. The number of hydrogen-bond acceptors (Lipinski definition) is 4. The van der Waals surface area contributed by atoms with Crippen molar-refractivity contribution >= 4 is 21.6 Å². The Bertz CT molecular complexity index is 990. The highest BCUT2D eigenvalue weighted by atomic mass is 32.1. The molecule has 2 aromatic carbocycles. The van der Waals surface area contributed by atoms with Crippen LogP contribution in [-0.2, 0) is 0 Å². The average Bonchev–Trinajstić information content (AvgIpc) is 3.23. The predicted molar refractivity (Wildman–Crippen MR) is 87.5 cm³/mol. The van der Waals surface area contributed by atoms with Crippen LogP contribution in [0.1, 0.15) is 5.76 Å². The lowest BCUT2D eigenvalue weighted by Gasteiger charge is -2.03. The summed E-state index contributed by atoms with van der Waals surface area (Å²) in [7, 11) is 0. The van der Waals surface area contributed by atoms with Crippen molar-refractivity contribution in [1.82, 2.24) is 4.98 Å². The standard InChI is InChI=1S/C18H10N2OS/c19-10-15-6-7-17(21-15)13-3-1-12(2-4-13)14-5-8-18-16(9-14)20-11-22-18/h1-9,11H. The zero-order chi connectivity index (χ0) is 14.9. The summed E-state index contributed by atoms with van der Waals surface area (Å²) in [6, 6.07) is 19.9. The van der Waals surface area contributed by atoms with Crippen LogP contribution in [0.4, 0.5) is 0 Å². The fourth-order valence-electron chi connectivity index (χ4n) is 2.42. The summed E-state index contributed by atoms with van der Waals surface area (Å²) in [6.07, 6.45) is 0. The number of benzene rings is 2. The van der Waals surface area contributed by atoms with Crippen LogP contribution < -0.4 is 0 Å². The number of furan rings is 1. The van der Waals surface area contributed by atoms with Crippen molar-refractivity contribution in [3.05, 3.63) is 65.9 Å². The Morgan fingerprint density at radius 1 is 0.909 bits per heavy atom. The van der Waals surface area contributed by atoms with Crippen LogP contribution in [0.2, 0.25) is 0 Å². The van der Waals surface area contributed by atoms with Gasteiger partial charge in [-0.15, -0.1) is 11.3 Å². The molecule has 0 saturated heterocycles. The van der Waals surface area contributed by atoms with Crippen LogP contribution in [0, 0.1) is 11.3 Å². The van der Waals surface area contributed by atoms with Gasteiger partial charge in [0.15, 0.2) is 0 Å². The first-order valence-corrected chi connectivity index (χ1v) is 7.65. The van der Waals surface area contributed by atoms with Gasteiger partial charge in [0.2, 0.25) is 5.76 Å². The Morgan fingerprint density at radius 3 is 2.45 bits per heavy atom. The highest BCUT2D eigenvalue weighted by Crippen LogP contribution is 2.28. The normalized spacial score (nSPS) is 10.7. The Labute approximate surface area is 131 Å². The van der Waals surface area contributed by atoms with Crippen LogP contribution in [-0.4, -0.2) is 4.98 Å².